The smallest absolute Gasteiger partial charge is 0.0690 e. The number of rotatable bonds is 3. The van der Waals surface area contributed by atoms with Crippen LogP contribution in [-0.4, -0.2) is 11.2 Å². The van der Waals surface area contributed by atoms with Crippen molar-refractivity contribution in [1.29, 1.82) is 0 Å². The molecule has 1 unspecified atom stereocenters. The van der Waals surface area contributed by atoms with Crippen LogP contribution in [0.3, 0.4) is 0 Å². The van der Waals surface area contributed by atoms with E-state index in [0.29, 0.717) is 0 Å². The lowest BCUT2D eigenvalue weighted by atomic mass is 10.3. The molecule has 1 N–H and O–H groups in total. The Bertz CT molecular complexity index is 164. The lowest BCUT2D eigenvalue weighted by Gasteiger charge is -1.84. The first-order valence-electron chi connectivity index (χ1n) is 3.80. The summed E-state index contributed by atoms with van der Waals surface area (Å²) in [6.07, 6.45) is 6.57. The molecule has 0 spiro atoms. The van der Waals surface area contributed by atoms with Crippen molar-refractivity contribution in [3.8, 4) is 0 Å². The summed E-state index contributed by atoms with van der Waals surface area (Å²) in [5, 5.41) is 8.24. The molecule has 68 valence electrons. The van der Waals surface area contributed by atoms with Crippen LogP contribution in [0, 0.1) is 0 Å². The van der Waals surface area contributed by atoms with Crippen LogP contribution in [0.2, 0.25) is 0 Å². The lowest BCUT2D eigenvalue weighted by Crippen LogP contribution is -1.88. The van der Waals surface area contributed by atoms with Crippen LogP contribution >= 0.6 is 0 Å². The summed E-state index contributed by atoms with van der Waals surface area (Å²) in [6.45, 7) is 14.0. The normalized spacial score (nSPS) is 12.1. The second-order valence-corrected chi connectivity index (χ2v) is 2.33. The predicted molar refractivity (Wildman–Crippen MR) is 56.0 cm³/mol. The molecule has 1 heteroatoms. The van der Waals surface area contributed by atoms with Crippen LogP contribution in [0.25, 0.3) is 0 Å². The molecule has 0 aliphatic carbocycles. The van der Waals surface area contributed by atoms with Crippen LogP contribution in [0.15, 0.2) is 49.6 Å². The molecule has 0 heterocycles. The molecule has 1 nitrogen and oxygen atoms in total. The van der Waals surface area contributed by atoms with Gasteiger partial charge in [0.1, 0.15) is 0 Å². The molecule has 0 aromatic heterocycles. The van der Waals surface area contributed by atoms with Crippen LogP contribution in [0.1, 0.15) is 13.8 Å². The molecule has 0 saturated carbocycles. The highest BCUT2D eigenvalue weighted by molar-refractivity contribution is 5.17. The Labute approximate surface area is 75.4 Å². The van der Waals surface area contributed by atoms with Gasteiger partial charge in [-0.1, -0.05) is 43.0 Å². The van der Waals surface area contributed by atoms with E-state index in [2.05, 4.69) is 19.7 Å². The van der Waals surface area contributed by atoms with Gasteiger partial charge in [0, 0.05) is 0 Å². The van der Waals surface area contributed by atoms with E-state index in [1.165, 1.54) is 6.08 Å². The molecular formula is C11H18O. The topological polar surface area (TPSA) is 20.2 Å². The average molecular weight is 166 g/mol. The third-order valence-electron chi connectivity index (χ3n) is 1.04. The monoisotopic (exact) mass is 166 g/mol. The molecule has 0 rings (SSSR count). The van der Waals surface area contributed by atoms with E-state index in [0.717, 1.165) is 5.57 Å². The molecule has 0 fully saturated rings. The van der Waals surface area contributed by atoms with E-state index in [1.807, 2.05) is 13.0 Å². The van der Waals surface area contributed by atoms with Gasteiger partial charge in [0.15, 0.2) is 0 Å². The zero-order valence-electron chi connectivity index (χ0n) is 7.96. The van der Waals surface area contributed by atoms with Gasteiger partial charge in [-0.3, -0.25) is 0 Å². The van der Waals surface area contributed by atoms with Crippen LogP contribution < -0.4 is 0 Å². The van der Waals surface area contributed by atoms with E-state index in [1.54, 1.807) is 19.1 Å². The minimum Gasteiger partial charge on any atom is -0.389 e. The highest BCUT2D eigenvalue weighted by atomic mass is 16.3. The van der Waals surface area contributed by atoms with Gasteiger partial charge >= 0.3 is 0 Å². The van der Waals surface area contributed by atoms with Crippen molar-refractivity contribution in [3.63, 3.8) is 0 Å². The first-order valence-corrected chi connectivity index (χ1v) is 3.80. The maximum Gasteiger partial charge on any atom is 0.0690 e. The third kappa shape index (κ3) is 16.0. The maximum absolute atomic E-state index is 8.24. The maximum atomic E-state index is 8.24. The Morgan fingerprint density at radius 1 is 1.33 bits per heavy atom. The van der Waals surface area contributed by atoms with Gasteiger partial charge in [0.2, 0.25) is 0 Å². The fraction of sp³-hybridized carbons (Fsp3) is 0.273. The second kappa shape index (κ2) is 9.92. The fourth-order valence-corrected chi connectivity index (χ4v) is 0.254. The van der Waals surface area contributed by atoms with Gasteiger partial charge in [-0.25, -0.2) is 0 Å². The van der Waals surface area contributed by atoms with Crippen molar-refractivity contribution in [1.82, 2.24) is 0 Å². The molecule has 12 heavy (non-hydrogen) atoms. The first-order chi connectivity index (χ1) is 5.58. The summed E-state index contributed by atoms with van der Waals surface area (Å²) in [6, 6.07) is 0. The third-order valence-corrected chi connectivity index (χ3v) is 1.04. The number of hydrogen-bond acceptors (Lipinski definition) is 1. The number of aliphatic hydroxyl groups is 1. The molecule has 0 aliphatic heterocycles. The standard InChI is InChI=1S/C7H10.C4H8O/c1-4-6-7(3)5-2;1-3-4(2)5/h4-6H,1-2H2,3H3;3-5H,1H2,2H3/b7-6-;. The summed E-state index contributed by atoms with van der Waals surface area (Å²) < 4.78 is 0. The van der Waals surface area contributed by atoms with Gasteiger partial charge in [0.05, 0.1) is 6.10 Å². The van der Waals surface area contributed by atoms with Crippen LogP contribution in [0.5, 0.6) is 0 Å². The highest BCUT2D eigenvalue weighted by Crippen LogP contribution is 1.90. The molecular weight excluding hydrogens is 148 g/mol. The number of allylic oxidation sites excluding steroid dienone is 4. The van der Waals surface area contributed by atoms with Gasteiger partial charge in [-0.15, -0.1) is 6.58 Å². The molecule has 0 radical (unpaired) electrons. The SMILES string of the molecule is C=C/C=C(/C)C=C.C=CC(C)O. The lowest BCUT2D eigenvalue weighted by molar-refractivity contribution is 0.244. The van der Waals surface area contributed by atoms with E-state index in [-0.39, 0.29) is 6.10 Å². The van der Waals surface area contributed by atoms with Crippen LogP contribution in [0.4, 0.5) is 0 Å². The van der Waals surface area contributed by atoms with Crippen molar-refractivity contribution in [2.75, 3.05) is 0 Å². The Morgan fingerprint density at radius 2 is 1.75 bits per heavy atom. The van der Waals surface area contributed by atoms with E-state index >= 15 is 0 Å². The minimum atomic E-state index is -0.352. The molecule has 0 bridgehead atoms. The largest absolute Gasteiger partial charge is 0.389 e. The molecule has 0 saturated heterocycles. The summed E-state index contributed by atoms with van der Waals surface area (Å²) >= 11 is 0. The minimum absolute atomic E-state index is 0.352. The van der Waals surface area contributed by atoms with Gasteiger partial charge in [0.25, 0.3) is 0 Å². The first kappa shape index (κ1) is 13.5. The van der Waals surface area contributed by atoms with Crippen LogP contribution in [-0.2, 0) is 0 Å². The molecule has 0 aliphatic rings. The highest BCUT2D eigenvalue weighted by Gasteiger charge is 1.75. The van der Waals surface area contributed by atoms with Crippen molar-refractivity contribution in [2.45, 2.75) is 20.0 Å². The predicted octanol–water partition coefficient (Wildman–Crippen LogP) is 2.86. The zero-order valence-corrected chi connectivity index (χ0v) is 7.96. The Balaban J connectivity index is 0. The fourth-order valence-electron chi connectivity index (χ4n) is 0.254. The van der Waals surface area contributed by atoms with Crippen molar-refractivity contribution in [2.24, 2.45) is 0 Å². The summed E-state index contributed by atoms with van der Waals surface area (Å²) in [5.41, 5.74) is 1.15. The molecule has 0 aromatic carbocycles. The average Bonchev–Trinajstić information content (AvgIpc) is 2.06. The van der Waals surface area contributed by atoms with E-state index in [9.17, 15) is 0 Å². The Kier molecular flexibility index (Phi) is 11.2. The van der Waals surface area contributed by atoms with Crippen molar-refractivity contribution < 1.29 is 5.11 Å². The quantitative estimate of drug-likeness (QED) is 0.505. The Hall–Kier alpha value is -1.08. The Morgan fingerprint density at radius 3 is 1.83 bits per heavy atom. The zero-order chi connectivity index (χ0) is 9.98. The summed E-state index contributed by atoms with van der Waals surface area (Å²) in [7, 11) is 0. The molecule has 0 aromatic rings. The second-order valence-electron chi connectivity index (χ2n) is 2.33. The van der Waals surface area contributed by atoms with E-state index in [4.69, 9.17) is 5.11 Å². The van der Waals surface area contributed by atoms with Crippen molar-refractivity contribution >= 4 is 0 Å². The summed E-state index contributed by atoms with van der Waals surface area (Å²) in [5.74, 6) is 0. The van der Waals surface area contributed by atoms with Gasteiger partial charge in [-0.05, 0) is 13.8 Å². The van der Waals surface area contributed by atoms with Gasteiger partial charge < -0.3 is 5.11 Å². The number of hydrogen-bond donors (Lipinski definition) is 1. The van der Waals surface area contributed by atoms with E-state index < -0.39 is 0 Å². The summed E-state index contributed by atoms with van der Waals surface area (Å²) in [4.78, 5) is 0. The number of aliphatic hydroxyl groups excluding tert-OH is 1. The van der Waals surface area contributed by atoms with Gasteiger partial charge in [-0.2, -0.15) is 0 Å². The molecule has 1 atom stereocenters. The molecule has 0 amide bonds. The van der Waals surface area contributed by atoms with Crippen molar-refractivity contribution in [3.05, 3.63) is 49.6 Å².